The van der Waals surface area contributed by atoms with Crippen molar-refractivity contribution in [1.82, 2.24) is 20.2 Å². The van der Waals surface area contributed by atoms with Crippen molar-refractivity contribution in [1.29, 1.82) is 0 Å². The molecular formula is C9H14N6. The normalized spacial score (nSPS) is 10.5. The van der Waals surface area contributed by atoms with Crippen LogP contribution >= 0.6 is 0 Å². The van der Waals surface area contributed by atoms with E-state index < -0.39 is 0 Å². The number of rotatable bonds is 3. The van der Waals surface area contributed by atoms with Crippen LogP contribution in [-0.2, 0) is 6.54 Å². The van der Waals surface area contributed by atoms with Crippen LogP contribution in [0.2, 0.25) is 0 Å². The van der Waals surface area contributed by atoms with Crippen LogP contribution in [-0.4, -0.2) is 27.2 Å². The Hall–Kier alpha value is -1.98. The van der Waals surface area contributed by atoms with E-state index in [2.05, 4.69) is 20.2 Å². The first-order chi connectivity index (χ1) is 7.15. The topological polar surface area (TPSA) is 86.6 Å². The van der Waals surface area contributed by atoms with Crippen LogP contribution in [0.4, 0.5) is 11.9 Å². The molecular weight excluding hydrogens is 192 g/mol. The molecule has 0 amide bonds. The predicted octanol–water partition coefficient (Wildman–Crippen LogP) is 0.660. The molecule has 0 saturated carbocycles. The highest BCUT2D eigenvalue weighted by atomic mass is 15.4. The number of anilines is 2. The number of aromatic amines is 2. The SMILES string of the molecule is Cc1ccc(CN(C)c2n[nH]c(N)n2)[nH]1. The molecule has 6 heteroatoms. The maximum atomic E-state index is 5.45. The maximum absolute atomic E-state index is 5.45. The van der Waals surface area contributed by atoms with Crippen molar-refractivity contribution in [3.63, 3.8) is 0 Å². The molecule has 2 aromatic heterocycles. The third-order valence-electron chi connectivity index (χ3n) is 2.13. The van der Waals surface area contributed by atoms with Crippen molar-refractivity contribution < 1.29 is 0 Å². The Morgan fingerprint density at radius 2 is 2.27 bits per heavy atom. The van der Waals surface area contributed by atoms with Gasteiger partial charge in [0.05, 0.1) is 6.54 Å². The molecule has 0 saturated heterocycles. The Kier molecular flexibility index (Phi) is 2.32. The third-order valence-corrected chi connectivity index (χ3v) is 2.13. The van der Waals surface area contributed by atoms with Crippen LogP contribution in [0.3, 0.4) is 0 Å². The van der Waals surface area contributed by atoms with Crippen LogP contribution in [0.15, 0.2) is 12.1 Å². The second kappa shape index (κ2) is 3.64. The van der Waals surface area contributed by atoms with Crippen molar-refractivity contribution in [3.05, 3.63) is 23.5 Å². The molecule has 4 N–H and O–H groups in total. The first-order valence-corrected chi connectivity index (χ1v) is 4.68. The van der Waals surface area contributed by atoms with E-state index in [0.29, 0.717) is 11.9 Å². The highest BCUT2D eigenvalue weighted by Gasteiger charge is 2.07. The van der Waals surface area contributed by atoms with Gasteiger partial charge in [-0.25, -0.2) is 5.10 Å². The predicted molar refractivity (Wildman–Crippen MR) is 58.4 cm³/mol. The van der Waals surface area contributed by atoms with E-state index in [0.717, 1.165) is 17.9 Å². The minimum absolute atomic E-state index is 0.333. The highest BCUT2D eigenvalue weighted by Crippen LogP contribution is 2.10. The average molecular weight is 206 g/mol. The number of hydrogen-bond donors (Lipinski definition) is 3. The van der Waals surface area contributed by atoms with Crippen LogP contribution < -0.4 is 10.6 Å². The number of aryl methyl sites for hydroxylation is 1. The van der Waals surface area contributed by atoms with Gasteiger partial charge in [-0.1, -0.05) is 0 Å². The molecule has 2 aromatic rings. The van der Waals surface area contributed by atoms with Crippen molar-refractivity contribution in [2.45, 2.75) is 13.5 Å². The van der Waals surface area contributed by atoms with Crippen molar-refractivity contribution >= 4 is 11.9 Å². The summed E-state index contributed by atoms with van der Waals surface area (Å²) in [6, 6.07) is 4.08. The Morgan fingerprint density at radius 1 is 1.47 bits per heavy atom. The summed E-state index contributed by atoms with van der Waals surface area (Å²) in [4.78, 5) is 9.20. The Labute approximate surface area is 87.5 Å². The quantitative estimate of drug-likeness (QED) is 0.688. The zero-order valence-electron chi connectivity index (χ0n) is 8.78. The fourth-order valence-corrected chi connectivity index (χ4v) is 1.42. The number of hydrogen-bond acceptors (Lipinski definition) is 4. The van der Waals surface area contributed by atoms with E-state index in [1.807, 2.05) is 31.0 Å². The monoisotopic (exact) mass is 206 g/mol. The lowest BCUT2D eigenvalue weighted by Crippen LogP contribution is -2.18. The molecule has 0 unspecified atom stereocenters. The largest absolute Gasteiger partial charge is 0.368 e. The average Bonchev–Trinajstić information content (AvgIpc) is 2.75. The molecule has 0 atom stereocenters. The molecule has 6 nitrogen and oxygen atoms in total. The minimum Gasteiger partial charge on any atom is -0.368 e. The summed E-state index contributed by atoms with van der Waals surface area (Å²) in [7, 11) is 1.92. The van der Waals surface area contributed by atoms with Crippen molar-refractivity contribution in [2.24, 2.45) is 0 Å². The van der Waals surface area contributed by atoms with Crippen LogP contribution in [0, 0.1) is 6.92 Å². The molecule has 80 valence electrons. The first kappa shape index (κ1) is 9.57. The molecule has 0 aliphatic carbocycles. The minimum atomic E-state index is 0.333. The van der Waals surface area contributed by atoms with Crippen molar-refractivity contribution in [2.75, 3.05) is 17.7 Å². The van der Waals surface area contributed by atoms with Crippen LogP contribution in [0.25, 0.3) is 0 Å². The third kappa shape index (κ3) is 2.09. The van der Waals surface area contributed by atoms with Gasteiger partial charge in [0.25, 0.3) is 0 Å². The van der Waals surface area contributed by atoms with Gasteiger partial charge in [0.2, 0.25) is 11.9 Å². The number of H-pyrrole nitrogens is 2. The Bertz CT molecular complexity index is 443. The van der Waals surface area contributed by atoms with E-state index in [1.54, 1.807) is 0 Å². The molecule has 2 rings (SSSR count). The van der Waals surface area contributed by atoms with Gasteiger partial charge in [0.1, 0.15) is 0 Å². The van der Waals surface area contributed by atoms with Gasteiger partial charge in [0.15, 0.2) is 0 Å². The number of nitrogens with zero attached hydrogens (tertiary/aromatic N) is 3. The standard InChI is InChI=1S/C9H14N6/c1-6-3-4-7(11-6)5-15(2)9-12-8(10)13-14-9/h3-4,11H,5H2,1-2H3,(H3,10,12,13,14). The fraction of sp³-hybridized carbons (Fsp3) is 0.333. The lowest BCUT2D eigenvalue weighted by molar-refractivity contribution is 0.848. The highest BCUT2D eigenvalue weighted by molar-refractivity contribution is 5.33. The number of nitrogens with two attached hydrogens (primary N) is 1. The van der Waals surface area contributed by atoms with E-state index >= 15 is 0 Å². The lowest BCUT2D eigenvalue weighted by atomic mass is 10.4. The smallest absolute Gasteiger partial charge is 0.246 e. The van der Waals surface area contributed by atoms with Gasteiger partial charge >= 0.3 is 0 Å². The number of aromatic nitrogens is 4. The summed E-state index contributed by atoms with van der Waals surface area (Å²) in [6.45, 7) is 2.75. The molecule has 0 aliphatic rings. The van der Waals surface area contributed by atoms with E-state index in [9.17, 15) is 0 Å². The van der Waals surface area contributed by atoms with Gasteiger partial charge in [0, 0.05) is 18.4 Å². The van der Waals surface area contributed by atoms with E-state index in [1.165, 1.54) is 0 Å². The molecule has 0 spiro atoms. The molecule has 0 aromatic carbocycles. The summed E-state index contributed by atoms with van der Waals surface area (Å²) >= 11 is 0. The second-order valence-corrected chi connectivity index (χ2v) is 3.54. The Morgan fingerprint density at radius 3 is 2.80 bits per heavy atom. The second-order valence-electron chi connectivity index (χ2n) is 3.54. The summed E-state index contributed by atoms with van der Waals surface area (Å²) in [6.07, 6.45) is 0. The summed E-state index contributed by atoms with van der Waals surface area (Å²) < 4.78 is 0. The zero-order valence-corrected chi connectivity index (χ0v) is 8.78. The molecule has 0 aliphatic heterocycles. The Balaban J connectivity index is 2.06. The van der Waals surface area contributed by atoms with E-state index in [-0.39, 0.29) is 0 Å². The van der Waals surface area contributed by atoms with Gasteiger partial charge in [-0.15, -0.1) is 5.10 Å². The number of nitrogen functional groups attached to an aromatic ring is 1. The molecule has 0 fully saturated rings. The zero-order chi connectivity index (χ0) is 10.8. The molecule has 0 bridgehead atoms. The molecule has 0 radical (unpaired) electrons. The van der Waals surface area contributed by atoms with Gasteiger partial charge < -0.3 is 15.6 Å². The van der Waals surface area contributed by atoms with Gasteiger partial charge in [-0.2, -0.15) is 4.98 Å². The van der Waals surface area contributed by atoms with Gasteiger partial charge in [-0.3, -0.25) is 0 Å². The summed E-state index contributed by atoms with van der Waals surface area (Å²) in [5.41, 5.74) is 7.72. The lowest BCUT2D eigenvalue weighted by Gasteiger charge is -2.12. The summed E-state index contributed by atoms with van der Waals surface area (Å²) in [5.74, 6) is 0.930. The molecule has 15 heavy (non-hydrogen) atoms. The fourth-order valence-electron chi connectivity index (χ4n) is 1.42. The van der Waals surface area contributed by atoms with Crippen LogP contribution in [0.5, 0.6) is 0 Å². The van der Waals surface area contributed by atoms with Crippen LogP contribution in [0.1, 0.15) is 11.4 Å². The van der Waals surface area contributed by atoms with Gasteiger partial charge in [-0.05, 0) is 19.1 Å². The summed E-state index contributed by atoms with van der Waals surface area (Å²) in [5, 5.41) is 6.57. The van der Waals surface area contributed by atoms with E-state index in [4.69, 9.17) is 5.73 Å². The molecule has 2 heterocycles. The van der Waals surface area contributed by atoms with Crippen molar-refractivity contribution in [3.8, 4) is 0 Å². The number of nitrogens with one attached hydrogen (secondary N) is 2. The first-order valence-electron chi connectivity index (χ1n) is 4.68. The maximum Gasteiger partial charge on any atom is 0.246 e.